The predicted molar refractivity (Wildman–Crippen MR) is 118 cm³/mol. The Hall–Kier alpha value is -3.11. The predicted octanol–water partition coefficient (Wildman–Crippen LogP) is 4.48. The minimum Gasteiger partial charge on any atom is -0.497 e. The second-order valence-corrected chi connectivity index (χ2v) is 8.26. The first kappa shape index (κ1) is 20.5. The number of benzene rings is 2. The van der Waals surface area contributed by atoms with Gasteiger partial charge >= 0.3 is 0 Å². The quantitative estimate of drug-likeness (QED) is 0.574. The fourth-order valence-electron chi connectivity index (χ4n) is 3.97. The molecule has 1 fully saturated rings. The van der Waals surface area contributed by atoms with Crippen molar-refractivity contribution in [3.63, 3.8) is 0 Å². The molecule has 2 aromatic carbocycles. The normalized spacial score (nSPS) is 19.9. The van der Waals surface area contributed by atoms with Crippen molar-refractivity contribution in [1.82, 2.24) is 14.9 Å². The Morgan fingerprint density at radius 3 is 3.00 bits per heavy atom. The number of anilines is 2. The summed E-state index contributed by atoms with van der Waals surface area (Å²) in [4.78, 5) is 10.1. The van der Waals surface area contributed by atoms with Crippen LogP contribution in [-0.4, -0.2) is 60.9 Å². The van der Waals surface area contributed by atoms with Gasteiger partial charge in [-0.2, -0.15) is 0 Å². The molecule has 0 saturated carbocycles. The molecule has 0 radical (unpaired) electrons. The van der Waals surface area contributed by atoms with Crippen LogP contribution in [0.15, 0.2) is 30.6 Å². The summed E-state index contributed by atoms with van der Waals surface area (Å²) in [5, 5.41) is 3.85. The van der Waals surface area contributed by atoms with Gasteiger partial charge in [-0.3, -0.25) is 0 Å². The van der Waals surface area contributed by atoms with Gasteiger partial charge in [-0.05, 0) is 19.2 Å². The minimum atomic E-state index is -3.07. The van der Waals surface area contributed by atoms with Crippen molar-refractivity contribution in [2.45, 2.75) is 18.4 Å². The molecule has 33 heavy (non-hydrogen) atoms. The highest BCUT2D eigenvalue weighted by molar-refractivity contribution is 6.34. The van der Waals surface area contributed by atoms with Crippen molar-refractivity contribution in [1.29, 1.82) is 0 Å². The van der Waals surface area contributed by atoms with Crippen LogP contribution in [-0.2, 0) is 0 Å². The van der Waals surface area contributed by atoms with E-state index in [0.717, 1.165) is 0 Å². The third kappa shape index (κ3) is 4.04. The molecule has 1 unspecified atom stereocenters. The smallest absolute Gasteiger partial charge is 0.296 e. The van der Waals surface area contributed by atoms with Crippen molar-refractivity contribution in [2.75, 3.05) is 39.3 Å². The zero-order valence-corrected chi connectivity index (χ0v) is 18.4. The Morgan fingerprint density at radius 1 is 1.30 bits per heavy atom. The van der Waals surface area contributed by atoms with Crippen LogP contribution in [0.25, 0.3) is 10.9 Å². The lowest BCUT2D eigenvalue weighted by Gasteiger charge is -2.36. The summed E-state index contributed by atoms with van der Waals surface area (Å²) in [5.74, 6) is -1.48. The van der Waals surface area contributed by atoms with Crippen molar-refractivity contribution in [2.24, 2.45) is 0 Å². The van der Waals surface area contributed by atoms with E-state index < -0.39 is 18.6 Å². The molecule has 0 aliphatic carbocycles. The van der Waals surface area contributed by atoms with Crippen molar-refractivity contribution >= 4 is 34.0 Å². The number of methoxy groups -OCH3 is 1. The van der Waals surface area contributed by atoms with Gasteiger partial charge in [0.2, 0.25) is 6.79 Å². The van der Waals surface area contributed by atoms with E-state index in [9.17, 15) is 8.78 Å². The molecule has 0 bridgehead atoms. The number of likely N-dealkylation sites (tertiary alicyclic amines) is 1. The Labute approximate surface area is 194 Å². The van der Waals surface area contributed by atoms with Crippen LogP contribution in [0, 0.1) is 0 Å². The van der Waals surface area contributed by atoms with Gasteiger partial charge in [-0.25, -0.2) is 18.7 Å². The number of aromatic nitrogens is 2. The van der Waals surface area contributed by atoms with Crippen molar-refractivity contribution < 1.29 is 29.1 Å². The number of nitrogens with one attached hydrogen (secondary N) is 1. The molecule has 1 N–H and O–H groups in total. The van der Waals surface area contributed by atoms with E-state index >= 15 is 0 Å². The monoisotopic (exact) mass is 479 g/mol. The largest absolute Gasteiger partial charge is 0.497 e. The summed E-state index contributed by atoms with van der Waals surface area (Å²) < 4.78 is 59.1. The second-order valence-electron chi connectivity index (χ2n) is 7.86. The number of hydrogen-bond donors (Lipinski definition) is 1. The maximum absolute atomic E-state index is 14.8. The van der Waals surface area contributed by atoms with Crippen molar-refractivity contribution in [3.8, 4) is 23.0 Å². The Bertz CT molecular complexity index is 1240. The zero-order valence-electron chi connectivity index (χ0n) is 18.6. The van der Waals surface area contributed by atoms with Crippen LogP contribution in [0.3, 0.4) is 0 Å². The molecule has 174 valence electrons. The summed E-state index contributed by atoms with van der Waals surface area (Å²) in [6.07, 6.45) is 0.0959. The van der Waals surface area contributed by atoms with Crippen molar-refractivity contribution in [3.05, 3.63) is 35.6 Å². The number of rotatable bonds is 5. The van der Waals surface area contributed by atoms with E-state index in [1.807, 2.05) is 0 Å². The van der Waals surface area contributed by atoms with E-state index in [-0.39, 0.29) is 37.6 Å². The van der Waals surface area contributed by atoms with Gasteiger partial charge in [0.05, 0.1) is 30.9 Å². The fraction of sp³-hybridized carbons (Fsp3) is 0.364. The Balaban J connectivity index is 1.60. The first-order valence-corrected chi connectivity index (χ1v) is 10.5. The van der Waals surface area contributed by atoms with Crippen LogP contribution >= 0.6 is 11.6 Å². The molecule has 8 nitrogen and oxygen atoms in total. The summed E-state index contributed by atoms with van der Waals surface area (Å²) in [6.45, 7) is 0.0945. The van der Waals surface area contributed by atoms with E-state index in [1.54, 1.807) is 30.1 Å². The lowest BCUT2D eigenvalue weighted by Crippen LogP contribution is -2.52. The molecule has 11 heteroatoms. The standard InChI is InChI=1S/C22H21ClF2N4O4/c1-29-6-5-17(22(24,25)9-29)33-16-8-12(30-2)7-14-18(16)21(27-10-26-14)28-19-13(23)3-4-15-20(19)32-11-31-15/h3-4,7-8,10,17H,5-6,9,11H2,1-2H3,(H,26,27,28)/i2D. The third-order valence-corrected chi connectivity index (χ3v) is 5.88. The molecule has 1 atom stereocenters. The van der Waals surface area contributed by atoms with Crippen LogP contribution in [0.1, 0.15) is 7.79 Å². The molecule has 0 spiro atoms. The molecule has 3 aromatic rings. The van der Waals surface area contributed by atoms with Crippen LogP contribution in [0.5, 0.6) is 23.0 Å². The van der Waals surface area contributed by atoms with Crippen LogP contribution in [0.4, 0.5) is 20.3 Å². The maximum Gasteiger partial charge on any atom is 0.296 e. The SMILES string of the molecule is [2H]COc1cc(OC2CCN(C)CC2(F)F)c2c(Nc3c(Cl)ccc4c3OCO4)ncnc2c1. The molecule has 1 aromatic heterocycles. The minimum absolute atomic E-state index is 0.0439. The summed E-state index contributed by atoms with van der Waals surface area (Å²) in [5.41, 5.74) is 0.800. The van der Waals surface area contributed by atoms with Gasteiger partial charge in [0, 0.05) is 25.1 Å². The summed E-state index contributed by atoms with van der Waals surface area (Å²) in [7, 11) is 1.29. The number of ether oxygens (including phenoxy) is 4. The number of fused-ring (bicyclic) bond motifs is 2. The Morgan fingerprint density at radius 2 is 2.18 bits per heavy atom. The van der Waals surface area contributed by atoms with Gasteiger partial charge in [0.25, 0.3) is 5.92 Å². The number of hydrogen-bond acceptors (Lipinski definition) is 8. The molecule has 1 saturated heterocycles. The molecule has 2 aliphatic rings. The van der Waals surface area contributed by atoms with Gasteiger partial charge in [0.1, 0.15) is 29.3 Å². The highest BCUT2D eigenvalue weighted by atomic mass is 35.5. The van der Waals surface area contributed by atoms with Crippen LogP contribution in [0.2, 0.25) is 5.02 Å². The van der Waals surface area contributed by atoms with Crippen LogP contribution < -0.4 is 24.3 Å². The first-order chi connectivity index (χ1) is 16.4. The number of nitrogens with zero attached hydrogens (tertiary/aromatic N) is 3. The zero-order chi connectivity index (χ0) is 23.9. The molecule has 2 aliphatic heterocycles. The highest BCUT2D eigenvalue weighted by Gasteiger charge is 2.45. The number of halogens is 3. The molecular weight excluding hydrogens is 458 g/mol. The van der Waals surface area contributed by atoms with Gasteiger partial charge in [-0.1, -0.05) is 11.6 Å². The van der Waals surface area contributed by atoms with Gasteiger partial charge in [0.15, 0.2) is 17.6 Å². The fourth-order valence-corrected chi connectivity index (χ4v) is 4.17. The molecular formula is C22H21ClF2N4O4. The first-order valence-electron chi connectivity index (χ1n) is 10.9. The molecule has 5 rings (SSSR count). The van der Waals surface area contributed by atoms with Gasteiger partial charge < -0.3 is 29.2 Å². The number of piperidine rings is 1. The topological polar surface area (TPSA) is 78.0 Å². The summed E-state index contributed by atoms with van der Waals surface area (Å²) in [6, 6.07) is 6.40. The van der Waals surface area contributed by atoms with E-state index in [0.29, 0.717) is 39.7 Å². The second kappa shape index (κ2) is 8.35. The lowest BCUT2D eigenvalue weighted by molar-refractivity contribution is -0.134. The third-order valence-electron chi connectivity index (χ3n) is 5.57. The highest BCUT2D eigenvalue weighted by Crippen LogP contribution is 2.46. The molecule has 3 heterocycles. The average molecular weight is 480 g/mol. The van der Waals surface area contributed by atoms with E-state index in [1.165, 1.54) is 12.4 Å². The molecule has 0 amide bonds. The summed E-state index contributed by atoms with van der Waals surface area (Å²) >= 11 is 6.40. The number of alkyl halides is 2. The Kier molecular flexibility index (Phi) is 5.18. The van der Waals surface area contributed by atoms with E-state index in [4.69, 9.17) is 31.9 Å². The van der Waals surface area contributed by atoms with E-state index in [2.05, 4.69) is 15.3 Å². The lowest BCUT2D eigenvalue weighted by atomic mass is 10.0. The van der Waals surface area contributed by atoms with Gasteiger partial charge in [-0.15, -0.1) is 0 Å². The maximum atomic E-state index is 14.8. The average Bonchev–Trinajstić information content (AvgIpc) is 3.26.